The van der Waals surface area contributed by atoms with Crippen LogP contribution in [-0.2, 0) is 6.54 Å². The van der Waals surface area contributed by atoms with Crippen molar-refractivity contribution < 1.29 is 5.11 Å². The summed E-state index contributed by atoms with van der Waals surface area (Å²) in [5.41, 5.74) is 1.92. The molecule has 8 nitrogen and oxygen atoms in total. The number of nitrogens with zero attached hydrogens (tertiary/aromatic N) is 5. The minimum Gasteiger partial charge on any atom is -0.393 e. The molecule has 2 aromatic heterocycles. The summed E-state index contributed by atoms with van der Waals surface area (Å²) in [6.45, 7) is 10.5. The van der Waals surface area contributed by atoms with Crippen molar-refractivity contribution in [1.29, 1.82) is 0 Å². The van der Waals surface area contributed by atoms with Crippen LogP contribution >= 0.6 is 0 Å². The van der Waals surface area contributed by atoms with Gasteiger partial charge in [-0.3, -0.25) is 19.2 Å². The van der Waals surface area contributed by atoms with Gasteiger partial charge >= 0.3 is 0 Å². The molecule has 2 saturated carbocycles. The van der Waals surface area contributed by atoms with Crippen molar-refractivity contribution >= 4 is 27.8 Å². The van der Waals surface area contributed by atoms with Crippen LogP contribution in [0.25, 0.3) is 21.8 Å². The van der Waals surface area contributed by atoms with Crippen molar-refractivity contribution in [1.82, 2.24) is 24.3 Å². The summed E-state index contributed by atoms with van der Waals surface area (Å²) in [6, 6.07) is 6.99. The zero-order valence-electron chi connectivity index (χ0n) is 22.9. The first-order valence-corrected chi connectivity index (χ1v) is 14.7. The molecule has 0 radical (unpaired) electrons. The second kappa shape index (κ2) is 10.9. The number of piperazine rings is 1. The first-order valence-electron chi connectivity index (χ1n) is 14.7. The molecule has 0 spiro atoms. The molecule has 38 heavy (non-hydrogen) atoms. The van der Waals surface area contributed by atoms with E-state index in [1.54, 1.807) is 0 Å². The van der Waals surface area contributed by atoms with Crippen molar-refractivity contribution in [2.24, 2.45) is 5.92 Å². The number of aliphatic hydroxyl groups excluding tert-OH is 1. The molecule has 0 unspecified atom stereocenters. The minimum atomic E-state index is -0.272. The van der Waals surface area contributed by atoms with Gasteiger partial charge in [-0.2, -0.15) is 4.98 Å². The summed E-state index contributed by atoms with van der Waals surface area (Å²) in [5.74, 6) is 1.30. The Kier molecular flexibility index (Phi) is 7.38. The molecule has 1 saturated heterocycles. The monoisotopic (exact) mass is 518 g/mol. The highest BCUT2D eigenvalue weighted by Crippen LogP contribution is 2.32. The number of anilines is 1. The van der Waals surface area contributed by atoms with Crippen LogP contribution in [-0.4, -0.2) is 74.3 Å². The predicted molar refractivity (Wildman–Crippen MR) is 153 cm³/mol. The van der Waals surface area contributed by atoms with Crippen molar-refractivity contribution in [2.75, 3.05) is 38.0 Å². The van der Waals surface area contributed by atoms with E-state index >= 15 is 0 Å². The topological polar surface area (TPSA) is 86.5 Å². The zero-order chi connectivity index (χ0) is 26.2. The van der Waals surface area contributed by atoms with Crippen LogP contribution in [0.5, 0.6) is 0 Å². The quantitative estimate of drug-likeness (QED) is 0.454. The lowest BCUT2D eigenvalue weighted by atomic mass is 9.85. The fraction of sp³-hybridized carbons (Fsp3) is 0.633. The first-order chi connectivity index (χ1) is 18.5. The van der Waals surface area contributed by atoms with Crippen molar-refractivity contribution in [3.63, 3.8) is 0 Å². The third kappa shape index (κ3) is 5.18. The van der Waals surface area contributed by atoms with Crippen LogP contribution in [0.2, 0.25) is 0 Å². The predicted octanol–water partition coefficient (Wildman–Crippen LogP) is 4.16. The minimum absolute atomic E-state index is 0.0315. The molecule has 2 aliphatic carbocycles. The van der Waals surface area contributed by atoms with Crippen LogP contribution in [0.15, 0.2) is 29.2 Å². The number of aromatic nitrogens is 3. The van der Waals surface area contributed by atoms with Gasteiger partial charge in [-0.05, 0) is 75.3 Å². The van der Waals surface area contributed by atoms with E-state index in [1.807, 2.05) is 10.8 Å². The van der Waals surface area contributed by atoms with E-state index in [-0.39, 0.29) is 17.7 Å². The highest BCUT2D eigenvalue weighted by molar-refractivity contribution is 6.04. The number of hydrogen-bond acceptors (Lipinski definition) is 7. The maximum atomic E-state index is 14.1. The number of nitrogens with one attached hydrogen (secondary N) is 1. The van der Waals surface area contributed by atoms with Crippen molar-refractivity contribution in [3.05, 3.63) is 40.3 Å². The summed E-state index contributed by atoms with van der Waals surface area (Å²) in [4.78, 5) is 28.7. The lowest BCUT2D eigenvalue weighted by Crippen LogP contribution is -2.48. The van der Waals surface area contributed by atoms with Gasteiger partial charge in [-0.15, -0.1) is 0 Å². The normalized spacial score (nSPS) is 23.8. The Balaban J connectivity index is 1.35. The van der Waals surface area contributed by atoms with E-state index in [1.165, 1.54) is 24.8 Å². The number of aliphatic hydroxyl groups is 1. The average Bonchev–Trinajstić information content (AvgIpc) is 2.89. The van der Waals surface area contributed by atoms with Crippen LogP contribution in [0.1, 0.15) is 70.4 Å². The lowest BCUT2D eigenvalue weighted by Gasteiger charge is -2.37. The Bertz CT molecular complexity index is 1330. The molecule has 3 heterocycles. The summed E-state index contributed by atoms with van der Waals surface area (Å²) in [7, 11) is 0. The summed E-state index contributed by atoms with van der Waals surface area (Å²) < 4.78 is 1.92. The molecule has 2 N–H and O–H groups in total. The van der Waals surface area contributed by atoms with Gasteiger partial charge in [0.2, 0.25) is 5.95 Å². The standard InChI is InChI=1S/C30H42N6O2/c1-20(2)35-14-12-34(13-15-35)19-22-6-11-25-26(16-22)29(38)36(23-7-9-24(37)10-8-23)28-27(25)18-32-30(33-28)31-17-21-4-3-5-21/h6,11,16,18,20-21,23-24,37H,3-5,7-10,12-15,17,19H2,1-2H3,(H,31,32,33)/t23-,24-. The molecular weight excluding hydrogens is 476 g/mol. The lowest BCUT2D eigenvalue weighted by molar-refractivity contribution is 0.104. The van der Waals surface area contributed by atoms with E-state index in [0.717, 1.165) is 81.1 Å². The molecule has 8 heteroatoms. The third-order valence-electron chi connectivity index (χ3n) is 9.17. The summed E-state index contributed by atoms with van der Waals surface area (Å²) in [5, 5.41) is 16.2. The SMILES string of the molecule is CC(C)N1CCN(Cc2ccc3c(c2)c(=O)n([C@H]2CC[C@H](O)CC2)c2nc(NCC4CCC4)ncc32)CC1. The molecule has 0 amide bonds. The highest BCUT2D eigenvalue weighted by atomic mass is 16.3. The average molecular weight is 519 g/mol. The van der Waals surface area contributed by atoms with Crippen LogP contribution in [0.3, 0.4) is 0 Å². The van der Waals surface area contributed by atoms with Crippen molar-refractivity contribution in [3.8, 4) is 0 Å². The molecule has 0 atom stereocenters. The smallest absolute Gasteiger partial charge is 0.260 e. The van der Waals surface area contributed by atoms with Crippen molar-refractivity contribution in [2.45, 2.75) is 83.5 Å². The van der Waals surface area contributed by atoms with Gasteiger partial charge in [0.15, 0.2) is 0 Å². The van der Waals surface area contributed by atoms with Gasteiger partial charge in [0.25, 0.3) is 5.56 Å². The number of pyridine rings is 1. The highest BCUT2D eigenvalue weighted by Gasteiger charge is 2.26. The van der Waals surface area contributed by atoms with E-state index in [4.69, 9.17) is 4.98 Å². The van der Waals surface area contributed by atoms with Gasteiger partial charge in [0.1, 0.15) is 5.65 Å². The van der Waals surface area contributed by atoms with E-state index in [9.17, 15) is 9.90 Å². The van der Waals surface area contributed by atoms with Gasteiger partial charge in [0.05, 0.1) is 6.10 Å². The second-order valence-electron chi connectivity index (χ2n) is 12.0. The fourth-order valence-corrected chi connectivity index (χ4v) is 6.44. The van der Waals surface area contributed by atoms with E-state index < -0.39 is 0 Å². The molecule has 3 aromatic rings. The molecule has 1 aromatic carbocycles. The fourth-order valence-electron chi connectivity index (χ4n) is 6.44. The van der Waals surface area contributed by atoms with Crippen LogP contribution < -0.4 is 10.9 Å². The van der Waals surface area contributed by atoms with Gasteiger partial charge in [0, 0.05) is 68.3 Å². The number of hydrogen-bond donors (Lipinski definition) is 2. The molecule has 6 rings (SSSR count). The van der Waals surface area contributed by atoms with Crippen LogP contribution in [0, 0.1) is 5.92 Å². The maximum Gasteiger partial charge on any atom is 0.260 e. The zero-order valence-corrected chi connectivity index (χ0v) is 22.9. The molecule has 204 valence electrons. The van der Waals surface area contributed by atoms with Gasteiger partial charge in [-0.25, -0.2) is 4.98 Å². The second-order valence-corrected chi connectivity index (χ2v) is 12.0. The Labute approximate surface area is 225 Å². The Morgan fingerprint density at radius 1 is 1.00 bits per heavy atom. The molecular formula is C30H42N6O2. The maximum absolute atomic E-state index is 14.1. The van der Waals surface area contributed by atoms with Crippen LogP contribution in [0.4, 0.5) is 5.95 Å². The first kappa shape index (κ1) is 25.7. The third-order valence-corrected chi connectivity index (χ3v) is 9.17. The Morgan fingerprint density at radius 3 is 2.45 bits per heavy atom. The molecule has 0 bridgehead atoms. The summed E-state index contributed by atoms with van der Waals surface area (Å²) >= 11 is 0. The number of fused-ring (bicyclic) bond motifs is 3. The largest absolute Gasteiger partial charge is 0.393 e. The number of rotatable bonds is 7. The van der Waals surface area contributed by atoms with Gasteiger partial charge in [-0.1, -0.05) is 18.6 Å². The summed E-state index contributed by atoms with van der Waals surface area (Å²) in [6.07, 6.45) is 8.46. The molecule has 3 aliphatic rings. The Morgan fingerprint density at radius 2 is 1.76 bits per heavy atom. The van der Waals surface area contributed by atoms with E-state index in [0.29, 0.717) is 23.6 Å². The van der Waals surface area contributed by atoms with Gasteiger partial charge < -0.3 is 10.4 Å². The molecule has 1 aliphatic heterocycles. The Hall–Kier alpha value is -2.55. The molecule has 3 fully saturated rings. The number of benzene rings is 1. The van der Waals surface area contributed by atoms with E-state index in [2.05, 4.69) is 52.1 Å².